The number of hydrogen-bond donors (Lipinski definition) is 2. The van der Waals surface area contributed by atoms with Gasteiger partial charge < -0.3 is 5.32 Å². The zero-order chi connectivity index (χ0) is 17.9. The molecule has 0 bridgehead atoms. The maximum absolute atomic E-state index is 12.5. The third-order valence-corrected chi connectivity index (χ3v) is 3.96. The van der Waals surface area contributed by atoms with E-state index in [-0.39, 0.29) is 12.3 Å². The van der Waals surface area contributed by atoms with E-state index in [0.717, 1.165) is 17.0 Å². The van der Waals surface area contributed by atoms with Gasteiger partial charge in [-0.15, -0.1) is 0 Å². The number of amides is 1. The fourth-order valence-corrected chi connectivity index (χ4v) is 2.71. The Labute approximate surface area is 138 Å². The molecule has 0 saturated carbocycles. The van der Waals surface area contributed by atoms with Crippen LogP contribution in [-0.2, 0) is 11.2 Å². The number of aromatic amines is 1. The van der Waals surface area contributed by atoms with E-state index in [1.165, 1.54) is 0 Å². The number of H-pyrrole nitrogens is 1. The van der Waals surface area contributed by atoms with E-state index in [0.29, 0.717) is 11.3 Å². The SMILES string of the molecule is Cc1n[nH]c(C)c1C(C)C(=O)Nc1ccccc1CCC(F)(F)F. The molecule has 0 radical (unpaired) electrons. The van der Waals surface area contributed by atoms with Crippen molar-refractivity contribution in [2.45, 2.75) is 45.7 Å². The minimum atomic E-state index is -4.23. The van der Waals surface area contributed by atoms with Crippen molar-refractivity contribution < 1.29 is 18.0 Å². The van der Waals surface area contributed by atoms with E-state index >= 15 is 0 Å². The number of hydrogen-bond acceptors (Lipinski definition) is 2. The molecule has 2 N–H and O–H groups in total. The molecule has 0 spiro atoms. The van der Waals surface area contributed by atoms with Gasteiger partial charge in [-0.2, -0.15) is 18.3 Å². The summed E-state index contributed by atoms with van der Waals surface area (Å²) in [5.74, 6) is -0.735. The molecule has 1 unspecified atom stereocenters. The third-order valence-electron chi connectivity index (χ3n) is 3.96. The fourth-order valence-electron chi connectivity index (χ4n) is 2.71. The van der Waals surface area contributed by atoms with Gasteiger partial charge in [0.15, 0.2) is 0 Å². The topological polar surface area (TPSA) is 57.8 Å². The van der Waals surface area contributed by atoms with Crippen molar-refractivity contribution in [1.29, 1.82) is 0 Å². The summed E-state index contributed by atoms with van der Waals surface area (Å²) in [6, 6.07) is 6.56. The first kappa shape index (κ1) is 18.0. The van der Waals surface area contributed by atoms with Crippen molar-refractivity contribution in [3.63, 3.8) is 0 Å². The van der Waals surface area contributed by atoms with Gasteiger partial charge in [-0.05, 0) is 38.8 Å². The van der Waals surface area contributed by atoms with Crippen molar-refractivity contribution in [2.75, 3.05) is 5.32 Å². The maximum atomic E-state index is 12.5. The van der Waals surface area contributed by atoms with Crippen molar-refractivity contribution in [1.82, 2.24) is 10.2 Å². The summed E-state index contributed by atoms with van der Waals surface area (Å²) in [6.07, 6.45) is -5.32. The van der Waals surface area contributed by atoms with Crippen LogP contribution in [0.15, 0.2) is 24.3 Å². The molecule has 1 aromatic heterocycles. The zero-order valence-electron chi connectivity index (χ0n) is 13.8. The highest BCUT2D eigenvalue weighted by Gasteiger charge is 2.27. The number of aromatic nitrogens is 2. The molecule has 0 aliphatic rings. The lowest BCUT2D eigenvalue weighted by molar-refractivity contribution is -0.133. The van der Waals surface area contributed by atoms with Crippen LogP contribution in [0.3, 0.4) is 0 Å². The molecule has 0 aliphatic heterocycles. The van der Waals surface area contributed by atoms with Crippen LogP contribution in [-0.4, -0.2) is 22.3 Å². The van der Waals surface area contributed by atoms with Crippen LogP contribution in [0.5, 0.6) is 0 Å². The van der Waals surface area contributed by atoms with Gasteiger partial charge in [-0.25, -0.2) is 0 Å². The molecule has 4 nitrogen and oxygen atoms in total. The molecule has 1 atom stereocenters. The standard InChI is InChI=1S/C17H20F3N3O/c1-10(15-11(2)22-23-12(15)3)16(24)21-14-7-5-4-6-13(14)8-9-17(18,19)20/h4-7,10H,8-9H2,1-3H3,(H,21,24)(H,22,23). The molecule has 130 valence electrons. The summed E-state index contributed by atoms with van der Waals surface area (Å²) in [4.78, 5) is 12.5. The Kier molecular flexibility index (Phi) is 5.31. The lowest BCUT2D eigenvalue weighted by Crippen LogP contribution is -2.21. The second-order valence-electron chi connectivity index (χ2n) is 5.83. The van der Waals surface area contributed by atoms with Gasteiger partial charge in [0.1, 0.15) is 0 Å². The number of benzene rings is 1. The Morgan fingerprint density at radius 2 is 1.96 bits per heavy atom. The minimum Gasteiger partial charge on any atom is -0.325 e. The van der Waals surface area contributed by atoms with E-state index in [9.17, 15) is 18.0 Å². The third kappa shape index (κ3) is 4.37. The molecular weight excluding hydrogens is 319 g/mol. The Hall–Kier alpha value is -2.31. The molecule has 1 aromatic carbocycles. The van der Waals surface area contributed by atoms with Gasteiger partial charge >= 0.3 is 6.18 Å². The highest BCUT2D eigenvalue weighted by atomic mass is 19.4. The number of nitrogens with one attached hydrogen (secondary N) is 2. The van der Waals surface area contributed by atoms with Crippen molar-refractivity contribution in [3.8, 4) is 0 Å². The second kappa shape index (κ2) is 7.07. The van der Waals surface area contributed by atoms with E-state index in [1.807, 2.05) is 6.92 Å². The molecule has 0 saturated heterocycles. The monoisotopic (exact) mass is 339 g/mol. The summed E-state index contributed by atoms with van der Waals surface area (Å²) in [5.41, 5.74) is 3.23. The van der Waals surface area contributed by atoms with E-state index in [2.05, 4.69) is 15.5 Å². The van der Waals surface area contributed by atoms with Crippen LogP contribution in [0.25, 0.3) is 0 Å². The van der Waals surface area contributed by atoms with Crippen LogP contribution in [0.2, 0.25) is 0 Å². The zero-order valence-corrected chi connectivity index (χ0v) is 13.8. The Balaban J connectivity index is 2.14. The smallest absolute Gasteiger partial charge is 0.325 e. The fraction of sp³-hybridized carbons (Fsp3) is 0.412. The summed E-state index contributed by atoms with van der Waals surface area (Å²) in [7, 11) is 0. The molecule has 0 fully saturated rings. The molecule has 7 heteroatoms. The van der Waals surface area contributed by atoms with E-state index in [1.54, 1.807) is 38.1 Å². The molecule has 1 amide bonds. The minimum absolute atomic E-state index is 0.169. The number of nitrogens with zero attached hydrogens (tertiary/aromatic N) is 1. The summed E-state index contributed by atoms with van der Waals surface area (Å²) >= 11 is 0. The highest BCUT2D eigenvalue weighted by molar-refractivity contribution is 5.96. The van der Waals surface area contributed by atoms with Crippen LogP contribution < -0.4 is 5.32 Å². The number of rotatable bonds is 5. The molecule has 2 aromatic rings. The number of para-hydroxylation sites is 1. The average molecular weight is 339 g/mol. The van der Waals surface area contributed by atoms with Crippen molar-refractivity contribution in [3.05, 3.63) is 46.8 Å². The number of carbonyl (C=O) groups is 1. The molecule has 1 heterocycles. The van der Waals surface area contributed by atoms with Gasteiger partial charge in [0.25, 0.3) is 0 Å². The predicted octanol–water partition coefficient (Wildman–Crippen LogP) is 4.26. The van der Waals surface area contributed by atoms with E-state index in [4.69, 9.17) is 0 Å². The molecule has 2 rings (SSSR count). The van der Waals surface area contributed by atoms with Gasteiger partial charge in [0, 0.05) is 23.4 Å². The van der Waals surface area contributed by atoms with E-state index < -0.39 is 18.5 Å². The number of anilines is 1. The highest BCUT2D eigenvalue weighted by Crippen LogP contribution is 2.27. The van der Waals surface area contributed by atoms with Gasteiger partial charge in [0.05, 0.1) is 11.6 Å². The lowest BCUT2D eigenvalue weighted by atomic mass is 9.98. The Bertz CT molecular complexity index is 703. The first-order valence-electron chi connectivity index (χ1n) is 7.66. The van der Waals surface area contributed by atoms with Crippen LogP contribution >= 0.6 is 0 Å². The van der Waals surface area contributed by atoms with Crippen molar-refractivity contribution in [2.24, 2.45) is 0 Å². The largest absolute Gasteiger partial charge is 0.389 e. The number of alkyl halides is 3. The van der Waals surface area contributed by atoms with Crippen molar-refractivity contribution >= 4 is 11.6 Å². The lowest BCUT2D eigenvalue weighted by Gasteiger charge is -2.16. The van der Waals surface area contributed by atoms with Gasteiger partial charge in [-0.3, -0.25) is 9.89 Å². The van der Waals surface area contributed by atoms with Crippen LogP contribution in [0, 0.1) is 13.8 Å². The molecule has 24 heavy (non-hydrogen) atoms. The van der Waals surface area contributed by atoms with Gasteiger partial charge in [-0.1, -0.05) is 18.2 Å². The Morgan fingerprint density at radius 3 is 2.54 bits per heavy atom. The maximum Gasteiger partial charge on any atom is 0.389 e. The van der Waals surface area contributed by atoms with Gasteiger partial charge in [0.2, 0.25) is 5.91 Å². The summed E-state index contributed by atoms with van der Waals surface area (Å²) < 4.78 is 37.3. The predicted molar refractivity (Wildman–Crippen MR) is 85.9 cm³/mol. The number of aryl methyl sites for hydroxylation is 3. The normalized spacial score (nSPS) is 12.9. The number of carbonyl (C=O) groups excluding carboxylic acids is 1. The first-order valence-corrected chi connectivity index (χ1v) is 7.66. The summed E-state index contributed by atoms with van der Waals surface area (Å²) in [5, 5.41) is 9.64. The average Bonchev–Trinajstić information content (AvgIpc) is 2.84. The summed E-state index contributed by atoms with van der Waals surface area (Å²) in [6.45, 7) is 5.38. The number of halogens is 3. The molecule has 0 aliphatic carbocycles. The van der Waals surface area contributed by atoms with Crippen LogP contribution in [0.1, 0.15) is 41.8 Å². The quantitative estimate of drug-likeness (QED) is 0.855. The van der Waals surface area contributed by atoms with Crippen LogP contribution in [0.4, 0.5) is 18.9 Å². The first-order chi connectivity index (χ1) is 11.2. The Morgan fingerprint density at radius 1 is 1.29 bits per heavy atom. The molecular formula is C17H20F3N3O. The second-order valence-corrected chi connectivity index (χ2v) is 5.83.